The zero-order valence-electron chi connectivity index (χ0n) is 18.3. The van der Waals surface area contributed by atoms with Gasteiger partial charge in [-0.2, -0.15) is 0 Å². The van der Waals surface area contributed by atoms with E-state index in [-0.39, 0.29) is 11.8 Å². The first kappa shape index (κ1) is 22.7. The number of rotatable bonds is 9. The van der Waals surface area contributed by atoms with E-state index in [1.165, 1.54) is 0 Å². The van der Waals surface area contributed by atoms with Crippen LogP contribution in [0.1, 0.15) is 34.6 Å². The van der Waals surface area contributed by atoms with E-state index >= 15 is 0 Å². The lowest BCUT2D eigenvalue weighted by atomic mass is 10.1. The van der Waals surface area contributed by atoms with Crippen molar-refractivity contribution in [2.45, 2.75) is 13.8 Å². The van der Waals surface area contributed by atoms with Gasteiger partial charge < -0.3 is 24.8 Å². The van der Waals surface area contributed by atoms with Crippen LogP contribution < -0.4 is 24.8 Å². The second-order valence-electron chi connectivity index (χ2n) is 6.71. The Kier molecular flexibility index (Phi) is 7.70. The maximum absolute atomic E-state index is 12.8. The Labute approximate surface area is 187 Å². The molecule has 0 saturated heterocycles. The van der Waals surface area contributed by atoms with Gasteiger partial charge in [-0.25, -0.2) is 0 Å². The molecule has 7 heteroatoms. The summed E-state index contributed by atoms with van der Waals surface area (Å²) in [6.45, 7) is 4.45. The Hall–Kier alpha value is -4.00. The fourth-order valence-corrected chi connectivity index (χ4v) is 3.03. The molecule has 3 aromatic rings. The minimum Gasteiger partial charge on any atom is -0.497 e. The van der Waals surface area contributed by atoms with Crippen LogP contribution in [0.2, 0.25) is 0 Å². The summed E-state index contributed by atoms with van der Waals surface area (Å²) in [5.74, 6) is 0.918. The lowest BCUT2D eigenvalue weighted by molar-refractivity contribution is 0.101. The average molecular weight is 434 g/mol. The van der Waals surface area contributed by atoms with Gasteiger partial charge in [-0.3, -0.25) is 9.59 Å². The highest BCUT2D eigenvalue weighted by atomic mass is 16.5. The topological polar surface area (TPSA) is 85.9 Å². The van der Waals surface area contributed by atoms with Crippen molar-refractivity contribution in [2.75, 3.05) is 31.0 Å². The van der Waals surface area contributed by atoms with E-state index in [0.717, 1.165) is 0 Å². The molecule has 0 aliphatic heterocycles. The Morgan fingerprint density at radius 3 is 1.62 bits per heavy atom. The Bertz CT molecular complexity index is 1070. The highest BCUT2D eigenvalue weighted by molar-refractivity contribution is 6.07. The fourth-order valence-electron chi connectivity index (χ4n) is 3.03. The summed E-state index contributed by atoms with van der Waals surface area (Å²) in [5, 5.41) is 5.73. The second-order valence-corrected chi connectivity index (χ2v) is 6.71. The number of methoxy groups -OCH3 is 1. The van der Waals surface area contributed by atoms with Crippen molar-refractivity contribution in [3.63, 3.8) is 0 Å². The molecule has 0 saturated carbocycles. The quantitative estimate of drug-likeness (QED) is 0.495. The highest BCUT2D eigenvalue weighted by Gasteiger charge is 2.17. The van der Waals surface area contributed by atoms with E-state index in [0.29, 0.717) is 53.0 Å². The molecule has 0 aliphatic carbocycles. The zero-order chi connectivity index (χ0) is 22.9. The average Bonchev–Trinajstić information content (AvgIpc) is 2.82. The molecule has 0 heterocycles. The predicted octanol–water partition coefficient (Wildman–Crippen LogP) is 5.00. The normalized spacial score (nSPS) is 10.2. The summed E-state index contributed by atoms with van der Waals surface area (Å²) in [6.07, 6.45) is 0. The smallest absolute Gasteiger partial charge is 0.255 e. The third-order valence-electron chi connectivity index (χ3n) is 4.57. The molecule has 0 unspecified atom stereocenters. The molecule has 32 heavy (non-hydrogen) atoms. The summed E-state index contributed by atoms with van der Waals surface area (Å²) >= 11 is 0. The summed E-state index contributed by atoms with van der Waals surface area (Å²) in [5.41, 5.74) is 1.87. The largest absolute Gasteiger partial charge is 0.497 e. The molecule has 2 amide bonds. The molecule has 0 aliphatic rings. The number of carbonyl (C=O) groups is 2. The van der Waals surface area contributed by atoms with Gasteiger partial charge in [0.2, 0.25) is 0 Å². The number of hydrogen-bond donors (Lipinski definition) is 2. The molecule has 166 valence electrons. The van der Waals surface area contributed by atoms with Crippen LogP contribution >= 0.6 is 0 Å². The van der Waals surface area contributed by atoms with Crippen LogP contribution in [0, 0.1) is 0 Å². The van der Waals surface area contributed by atoms with Crippen molar-refractivity contribution < 1.29 is 23.8 Å². The molecule has 0 bridgehead atoms. The second kappa shape index (κ2) is 10.9. The van der Waals surface area contributed by atoms with E-state index in [2.05, 4.69) is 10.6 Å². The molecule has 0 radical (unpaired) electrons. The van der Waals surface area contributed by atoms with E-state index < -0.39 is 0 Å². The molecule has 0 spiro atoms. The van der Waals surface area contributed by atoms with Crippen LogP contribution in [-0.4, -0.2) is 32.1 Å². The number of amides is 2. The van der Waals surface area contributed by atoms with Gasteiger partial charge in [-0.1, -0.05) is 18.2 Å². The molecule has 3 aromatic carbocycles. The zero-order valence-corrected chi connectivity index (χ0v) is 18.3. The van der Waals surface area contributed by atoms with Crippen molar-refractivity contribution in [1.29, 1.82) is 0 Å². The Balaban J connectivity index is 1.90. The first-order chi connectivity index (χ1) is 15.5. The maximum Gasteiger partial charge on any atom is 0.255 e. The molecule has 2 N–H and O–H groups in total. The minimum atomic E-state index is -0.308. The van der Waals surface area contributed by atoms with Gasteiger partial charge in [0, 0.05) is 23.3 Å². The number of nitrogens with one attached hydrogen (secondary N) is 2. The first-order valence-corrected chi connectivity index (χ1v) is 10.3. The molecular formula is C25H26N2O5. The van der Waals surface area contributed by atoms with Crippen molar-refractivity contribution >= 4 is 23.2 Å². The molecule has 0 aromatic heterocycles. The van der Waals surface area contributed by atoms with E-state index in [4.69, 9.17) is 14.2 Å². The van der Waals surface area contributed by atoms with Gasteiger partial charge in [0.05, 0.1) is 31.7 Å². The maximum atomic E-state index is 12.8. The van der Waals surface area contributed by atoms with Crippen LogP contribution in [0.25, 0.3) is 0 Å². The molecule has 0 atom stereocenters. The highest BCUT2D eigenvalue weighted by Crippen LogP contribution is 2.37. The van der Waals surface area contributed by atoms with Crippen molar-refractivity contribution in [3.8, 4) is 17.2 Å². The Morgan fingerprint density at radius 1 is 0.719 bits per heavy atom. The number of carbonyl (C=O) groups excluding carboxylic acids is 2. The van der Waals surface area contributed by atoms with Gasteiger partial charge in [-0.05, 0) is 50.2 Å². The van der Waals surface area contributed by atoms with Crippen molar-refractivity contribution in [1.82, 2.24) is 0 Å². The van der Waals surface area contributed by atoms with E-state index in [1.807, 2.05) is 19.9 Å². The number of ether oxygens (including phenoxy) is 3. The lowest BCUT2D eigenvalue weighted by Gasteiger charge is -2.18. The molecule has 3 rings (SSSR count). The van der Waals surface area contributed by atoms with Crippen LogP contribution in [0.15, 0.2) is 66.7 Å². The van der Waals surface area contributed by atoms with Crippen LogP contribution in [0.3, 0.4) is 0 Å². The van der Waals surface area contributed by atoms with Gasteiger partial charge in [0.15, 0.2) is 0 Å². The van der Waals surface area contributed by atoms with Gasteiger partial charge in [0.25, 0.3) is 11.8 Å². The SMILES string of the molecule is CCOc1cc(NC(=O)c2ccc(OC)cc2)c(OCC)cc1NC(=O)c1ccccc1. The summed E-state index contributed by atoms with van der Waals surface area (Å²) < 4.78 is 16.6. The third kappa shape index (κ3) is 5.57. The lowest BCUT2D eigenvalue weighted by Crippen LogP contribution is -2.15. The van der Waals surface area contributed by atoms with Crippen molar-refractivity contribution in [2.24, 2.45) is 0 Å². The van der Waals surface area contributed by atoms with E-state index in [1.54, 1.807) is 67.8 Å². The summed E-state index contributed by atoms with van der Waals surface area (Å²) in [4.78, 5) is 25.4. The molecule has 7 nitrogen and oxygen atoms in total. The Morgan fingerprint density at radius 2 is 1.19 bits per heavy atom. The monoisotopic (exact) mass is 434 g/mol. The third-order valence-corrected chi connectivity index (χ3v) is 4.57. The minimum absolute atomic E-state index is 0.274. The van der Waals surface area contributed by atoms with Gasteiger partial charge in [0.1, 0.15) is 17.2 Å². The van der Waals surface area contributed by atoms with E-state index in [9.17, 15) is 9.59 Å². The van der Waals surface area contributed by atoms with Crippen LogP contribution in [0.5, 0.6) is 17.2 Å². The van der Waals surface area contributed by atoms with Gasteiger partial charge in [-0.15, -0.1) is 0 Å². The van der Waals surface area contributed by atoms with Crippen LogP contribution in [0.4, 0.5) is 11.4 Å². The summed E-state index contributed by atoms with van der Waals surface area (Å²) in [6, 6.07) is 19.0. The van der Waals surface area contributed by atoms with Crippen molar-refractivity contribution in [3.05, 3.63) is 77.9 Å². The fraction of sp³-hybridized carbons (Fsp3) is 0.200. The molecular weight excluding hydrogens is 408 g/mol. The summed E-state index contributed by atoms with van der Waals surface area (Å²) in [7, 11) is 1.57. The number of anilines is 2. The standard InChI is InChI=1S/C25H26N2O5/c1-4-31-22-16-21(27-25(29)18-11-13-19(30-3)14-12-18)23(32-5-2)15-20(22)26-24(28)17-9-7-6-8-10-17/h6-16H,4-5H2,1-3H3,(H,26,28)(H,27,29). The van der Waals surface area contributed by atoms with Gasteiger partial charge >= 0.3 is 0 Å². The molecule has 0 fully saturated rings. The number of hydrogen-bond acceptors (Lipinski definition) is 5. The van der Waals surface area contributed by atoms with Crippen LogP contribution in [-0.2, 0) is 0 Å². The number of benzene rings is 3. The predicted molar refractivity (Wildman–Crippen MR) is 124 cm³/mol. The first-order valence-electron chi connectivity index (χ1n) is 10.3.